The van der Waals surface area contributed by atoms with Gasteiger partial charge in [0.25, 0.3) is 0 Å². The lowest BCUT2D eigenvalue weighted by Gasteiger charge is -2.33. The second-order valence-electron chi connectivity index (χ2n) is 5.04. The van der Waals surface area contributed by atoms with E-state index in [2.05, 4.69) is 35.7 Å². The van der Waals surface area contributed by atoms with Gasteiger partial charge in [-0.25, -0.2) is 0 Å². The van der Waals surface area contributed by atoms with Crippen LogP contribution in [0, 0.1) is 0 Å². The molecule has 0 heterocycles. The molecule has 1 rings (SSSR count). The lowest BCUT2D eigenvalue weighted by Crippen LogP contribution is -2.46. The summed E-state index contributed by atoms with van der Waals surface area (Å²) >= 11 is 3.43. The Hall–Kier alpha value is -1.65. The van der Waals surface area contributed by atoms with E-state index in [1.807, 2.05) is 36.1 Å². The number of rotatable bonds is 10. The number of halogens is 1. The van der Waals surface area contributed by atoms with Crippen LogP contribution < -0.4 is 0 Å². The number of benzene rings is 1. The van der Waals surface area contributed by atoms with Gasteiger partial charge in [-0.05, 0) is 24.6 Å². The molecule has 1 aromatic rings. The van der Waals surface area contributed by atoms with E-state index in [9.17, 15) is 4.79 Å². The van der Waals surface area contributed by atoms with E-state index < -0.39 is 6.04 Å². The Kier molecular flexibility index (Phi) is 8.59. The van der Waals surface area contributed by atoms with Crippen LogP contribution in [0.2, 0.25) is 0 Å². The molecule has 4 heteroatoms. The van der Waals surface area contributed by atoms with Gasteiger partial charge in [0.2, 0.25) is 0 Å². The maximum absolute atomic E-state index is 12.6. The molecule has 0 amide bonds. The van der Waals surface area contributed by atoms with Crippen LogP contribution in [-0.4, -0.2) is 36.6 Å². The molecular weight excluding hydrogens is 354 g/mol. The Morgan fingerprint density at radius 1 is 1.22 bits per heavy atom. The van der Waals surface area contributed by atoms with Gasteiger partial charge in [0.1, 0.15) is 6.04 Å². The highest BCUT2D eigenvalue weighted by atomic mass is 79.9. The van der Waals surface area contributed by atoms with Crippen molar-refractivity contribution >= 4 is 21.9 Å². The zero-order valence-corrected chi connectivity index (χ0v) is 15.2. The number of nitrogens with zero attached hydrogens (tertiary/aromatic N) is 1. The number of hydrogen-bond acceptors (Lipinski definition) is 3. The zero-order valence-electron chi connectivity index (χ0n) is 13.6. The van der Waals surface area contributed by atoms with Crippen LogP contribution in [0.15, 0.2) is 66.7 Å². The zero-order chi connectivity index (χ0) is 17.2. The van der Waals surface area contributed by atoms with Gasteiger partial charge in [-0.15, -0.1) is 19.7 Å². The predicted molar refractivity (Wildman–Crippen MR) is 99.5 cm³/mol. The normalized spacial score (nSPS) is 13.2. The molecule has 0 radical (unpaired) electrons. The summed E-state index contributed by atoms with van der Waals surface area (Å²) in [7, 11) is 0. The van der Waals surface area contributed by atoms with E-state index in [-0.39, 0.29) is 11.9 Å². The first-order valence-corrected chi connectivity index (χ1v) is 8.38. The van der Waals surface area contributed by atoms with E-state index in [0.29, 0.717) is 19.7 Å². The summed E-state index contributed by atoms with van der Waals surface area (Å²) < 4.78 is 6.29. The molecule has 0 aliphatic heterocycles. The Labute approximate surface area is 147 Å². The van der Waals surface area contributed by atoms with E-state index >= 15 is 0 Å². The van der Waals surface area contributed by atoms with Gasteiger partial charge < -0.3 is 4.74 Å². The quantitative estimate of drug-likeness (QED) is 0.449. The standard InChI is InChI=1S/C19H24BrNO2/c1-5-13-21(14-6-2)18(19(22)23-8-4)17(7-3)15-9-11-16(20)12-10-15/h5-7,9-12,17-18H,1-3,8,13-14H2,4H3/t17-,18-/m0/s1. The summed E-state index contributed by atoms with van der Waals surface area (Å²) in [6.07, 6.45) is 5.35. The van der Waals surface area contributed by atoms with Crippen LogP contribution in [0.3, 0.4) is 0 Å². The van der Waals surface area contributed by atoms with Crippen molar-refractivity contribution in [2.75, 3.05) is 19.7 Å². The van der Waals surface area contributed by atoms with Gasteiger partial charge in [0.05, 0.1) is 6.61 Å². The molecule has 0 bridgehead atoms. The predicted octanol–water partition coefficient (Wildman–Crippen LogP) is 4.32. The van der Waals surface area contributed by atoms with Crippen LogP contribution in [-0.2, 0) is 9.53 Å². The molecule has 124 valence electrons. The average Bonchev–Trinajstić information content (AvgIpc) is 2.53. The summed E-state index contributed by atoms with van der Waals surface area (Å²) in [5.74, 6) is -0.439. The maximum atomic E-state index is 12.6. The SMILES string of the molecule is C=CCN(CC=C)[C@H](C(=O)OCC)[C@@H](C=C)c1ccc(Br)cc1. The Bertz CT molecular complexity index is 529. The van der Waals surface area contributed by atoms with Crippen molar-refractivity contribution in [2.24, 2.45) is 0 Å². The molecule has 0 fully saturated rings. The molecule has 0 N–H and O–H groups in total. The first-order valence-electron chi connectivity index (χ1n) is 7.59. The minimum absolute atomic E-state index is 0.179. The van der Waals surface area contributed by atoms with Crippen molar-refractivity contribution in [3.63, 3.8) is 0 Å². The van der Waals surface area contributed by atoms with Crippen molar-refractivity contribution in [1.29, 1.82) is 0 Å². The van der Waals surface area contributed by atoms with E-state index in [1.165, 1.54) is 0 Å². The maximum Gasteiger partial charge on any atom is 0.324 e. The molecule has 0 aromatic heterocycles. The number of ether oxygens (including phenoxy) is 1. The fourth-order valence-corrected chi connectivity index (χ4v) is 2.78. The lowest BCUT2D eigenvalue weighted by molar-refractivity contribution is -0.149. The Balaban J connectivity index is 3.24. The highest BCUT2D eigenvalue weighted by Gasteiger charge is 2.33. The summed E-state index contributed by atoms with van der Waals surface area (Å²) in [5.41, 5.74) is 1.01. The van der Waals surface area contributed by atoms with Crippen LogP contribution in [0.25, 0.3) is 0 Å². The monoisotopic (exact) mass is 377 g/mol. The van der Waals surface area contributed by atoms with Crippen LogP contribution in [0.1, 0.15) is 18.4 Å². The van der Waals surface area contributed by atoms with Crippen molar-refractivity contribution in [1.82, 2.24) is 4.90 Å². The van der Waals surface area contributed by atoms with Crippen LogP contribution >= 0.6 is 15.9 Å². The third kappa shape index (κ3) is 5.48. The second-order valence-corrected chi connectivity index (χ2v) is 5.96. The van der Waals surface area contributed by atoms with Crippen molar-refractivity contribution in [2.45, 2.75) is 18.9 Å². The smallest absolute Gasteiger partial charge is 0.324 e. The van der Waals surface area contributed by atoms with Crippen LogP contribution in [0.5, 0.6) is 0 Å². The number of esters is 1. The minimum Gasteiger partial charge on any atom is -0.465 e. The minimum atomic E-state index is -0.468. The summed E-state index contributed by atoms with van der Waals surface area (Å²) in [6.45, 7) is 14.8. The van der Waals surface area contributed by atoms with Gasteiger partial charge in [-0.3, -0.25) is 9.69 Å². The highest BCUT2D eigenvalue weighted by molar-refractivity contribution is 9.10. The fraction of sp³-hybridized carbons (Fsp3) is 0.316. The fourth-order valence-electron chi connectivity index (χ4n) is 2.52. The largest absolute Gasteiger partial charge is 0.465 e. The molecule has 23 heavy (non-hydrogen) atoms. The first kappa shape index (κ1) is 19.4. The molecule has 0 aliphatic carbocycles. The van der Waals surface area contributed by atoms with Gasteiger partial charge in [-0.2, -0.15) is 0 Å². The molecule has 0 saturated carbocycles. The average molecular weight is 378 g/mol. The molecule has 3 nitrogen and oxygen atoms in total. The van der Waals surface area contributed by atoms with E-state index in [1.54, 1.807) is 18.2 Å². The number of carbonyl (C=O) groups is 1. The van der Waals surface area contributed by atoms with Crippen LogP contribution in [0.4, 0.5) is 0 Å². The number of carbonyl (C=O) groups excluding carboxylic acids is 1. The van der Waals surface area contributed by atoms with Crippen molar-refractivity contribution < 1.29 is 9.53 Å². The van der Waals surface area contributed by atoms with Crippen molar-refractivity contribution in [3.05, 3.63) is 72.3 Å². The summed E-state index contributed by atoms with van der Waals surface area (Å²) in [6, 6.07) is 7.43. The Morgan fingerprint density at radius 2 is 1.78 bits per heavy atom. The van der Waals surface area contributed by atoms with Gasteiger partial charge >= 0.3 is 5.97 Å². The third-order valence-corrected chi connectivity index (χ3v) is 4.03. The topological polar surface area (TPSA) is 29.5 Å². The van der Waals surface area contributed by atoms with E-state index in [0.717, 1.165) is 10.0 Å². The van der Waals surface area contributed by atoms with Gasteiger partial charge in [0.15, 0.2) is 0 Å². The first-order chi connectivity index (χ1) is 11.1. The molecule has 0 saturated heterocycles. The van der Waals surface area contributed by atoms with Crippen molar-refractivity contribution in [3.8, 4) is 0 Å². The summed E-state index contributed by atoms with van der Waals surface area (Å²) in [4.78, 5) is 14.6. The molecular formula is C19H24BrNO2. The van der Waals surface area contributed by atoms with Gasteiger partial charge in [0, 0.05) is 23.5 Å². The molecule has 2 atom stereocenters. The second kappa shape index (κ2) is 10.2. The van der Waals surface area contributed by atoms with Gasteiger partial charge in [-0.1, -0.05) is 46.3 Å². The third-order valence-electron chi connectivity index (χ3n) is 3.50. The highest BCUT2D eigenvalue weighted by Crippen LogP contribution is 2.27. The number of hydrogen-bond donors (Lipinski definition) is 0. The molecule has 1 aromatic carbocycles. The molecule has 0 unspecified atom stereocenters. The molecule has 0 spiro atoms. The summed E-state index contributed by atoms with van der Waals surface area (Å²) in [5, 5.41) is 0. The Morgan fingerprint density at radius 3 is 2.22 bits per heavy atom. The van der Waals surface area contributed by atoms with E-state index in [4.69, 9.17) is 4.74 Å². The lowest BCUT2D eigenvalue weighted by atomic mass is 9.90. The molecule has 0 aliphatic rings.